The van der Waals surface area contributed by atoms with Crippen LogP contribution in [0.15, 0.2) is 270 Å². The third-order valence-electron chi connectivity index (χ3n) is 21.9. The molecule has 5 heteroatoms. The van der Waals surface area contributed by atoms with Crippen molar-refractivity contribution in [2.45, 2.75) is 81.5 Å². The van der Waals surface area contributed by atoms with Crippen LogP contribution in [0.2, 0.25) is 0 Å². The van der Waals surface area contributed by atoms with Crippen molar-refractivity contribution < 1.29 is 8.83 Å². The van der Waals surface area contributed by atoms with Crippen molar-refractivity contribution in [2.75, 3.05) is 9.80 Å². The topological polar surface area (TPSA) is 37.7 Å². The summed E-state index contributed by atoms with van der Waals surface area (Å²) in [7, 11) is 0. The zero-order valence-electron chi connectivity index (χ0n) is 51.2. The van der Waals surface area contributed by atoms with Gasteiger partial charge >= 0.3 is 0 Å². The van der Waals surface area contributed by atoms with E-state index < -0.39 is 5.41 Å². The molecular weight excluding hydrogens is 1120 g/mol. The highest BCUT2D eigenvalue weighted by Gasteiger charge is 2.53. The number of rotatable bonds is 8. The SMILES string of the molecule is c1ccc(N(c2cc3c(c4ccccc24)-c2c(cc(N(c4ccccc4)c4cccc5c4oc4c(C6CCCCC6)cccc45)c4ccccc24)C32c3ccccc3-n3c4ccccc4c4cccc2c43)c2cccc3c2oc2c(C4CCCCC4)cccc23)cc1. The van der Waals surface area contributed by atoms with E-state index in [-0.39, 0.29) is 0 Å². The third kappa shape index (κ3) is 7.25. The minimum Gasteiger partial charge on any atom is -0.454 e. The summed E-state index contributed by atoms with van der Waals surface area (Å²) in [5, 5.41) is 11.8. The first-order chi connectivity index (χ1) is 45.7. The Balaban J connectivity index is 0.921. The highest BCUT2D eigenvalue weighted by atomic mass is 16.3. The summed E-state index contributed by atoms with van der Waals surface area (Å²) in [6, 6.07) is 98.6. The van der Waals surface area contributed by atoms with Crippen LogP contribution in [0.5, 0.6) is 0 Å². The summed E-state index contributed by atoms with van der Waals surface area (Å²) in [6.07, 6.45) is 12.4. The highest BCUT2D eigenvalue weighted by Crippen LogP contribution is 2.66. The molecule has 16 aromatic rings. The molecule has 1 aliphatic heterocycles. The Morgan fingerprint density at radius 1 is 0.304 bits per heavy atom. The van der Waals surface area contributed by atoms with Gasteiger partial charge in [0.25, 0.3) is 0 Å². The Morgan fingerprint density at radius 3 is 1.24 bits per heavy atom. The Bertz CT molecular complexity index is 5430. The summed E-state index contributed by atoms with van der Waals surface area (Å²) in [4.78, 5) is 5.04. The molecule has 0 saturated heterocycles. The smallest absolute Gasteiger partial charge is 0.159 e. The number of hydrogen-bond donors (Lipinski definition) is 0. The van der Waals surface area contributed by atoms with Crippen molar-refractivity contribution in [1.82, 2.24) is 4.57 Å². The second-order valence-electron chi connectivity index (χ2n) is 26.5. The van der Waals surface area contributed by atoms with Gasteiger partial charge in [-0.1, -0.05) is 239 Å². The molecule has 0 radical (unpaired) electrons. The number of anilines is 6. The summed E-state index contributed by atoms with van der Waals surface area (Å²) in [6.45, 7) is 0. The average Bonchev–Trinajstić information content (AvgIpc) is 1.47. The van der Waals surface area contributed by atoms with Crippen molar-refractivity contribution in [3.8, 4) is 16.8 Å². The van der Waals surface area contributed by atoms with E-state index in [1.807, 2.05) is 0 Å². The molecule has 4 aliphatic rings. The van der Waals surface area contributed by atoms with Crippen LogP contribution in [-0.2, 0) is 5.41 Å². The van der Waals surface area contributed by atoms with Gasteiger partial charge in [-0.25, -0.2) is 0 Å². The van der Waals surface area contributed by atoms with Crippen LogP contribution >= 0.6 is 0 Å². The van der Waals surface area contributed by atoms with Gasteiger partial charge in [0, 0.05) is 54.5 Å². The molecule has 4 heterocycles. The van der Waals surface area contributed by atoms with E-state index in [0.29, 0.717) is 11.8 Å². The minimum absolute atomic E-state index is 0.483. The summed E-state index contributed by atoms with van der Waals surface area (Å²) in [5.41, 5.74) is 23.1. The van der Waals surface area contributed by atoms with E-state index in [2.05, 4.69) is 275 Å². The lowest BCUT2D eigenvalue weighted by Gasteiger charge is -2.40. The van der Waals surface area contributed by atoms with Crippen LogP contribution in [0.25, 0.3) is 104 Å². The first-order valence-electron chi connectivity index (χ1n) is 33.5. The number of furan rings is 2. The van der Waals surface area contributed by atoms with Gasteiger partial charge in [0.15, 0.2) is 11.2 Å². The third-order valence-corrected chi connectivity index (χ3v) is 21.9. The molecule has 0 atom stereocenters. The summed E-state index contributed by atoms with van der Waals surface area (Å²) in [5.74, 6) is 0.965. The lowest BCUT2D eigenvalue weighted by Crippen LogP contribution is -2.34. The van der Waals surface area contributed by atoms with Gasteiger partial charge in [-0.15, -0.1) is 0 Å². The van der Waals surface area contributed by atoms with Crippen molar-refractivity contribution >= 4 is 121 Å². The molecular formula is C87H65N3O2. The average molecular weight is 1180 g/mol. The van der Waals surface area contributed by atoms with E-state index in [9.17, 15) is 0 Å². The summed E-state index contributed by atoms with van der Waals surface area (Å²) >= 11 is 0. The molecule has 3 aliphatic carbocycles. The van der Waals surface area contributed by atoms with Gasteiger partial charge < -0.3 is 23.2 Å². The maximum absolute atomic E-state index is 7.49. The van der Waals surface area contributed by atoms with Crippen molar-refractivity contribution in [3.05, 3.63) is 294 Å². The molecule has 0 bridgehead atoms. The molecule has 3 aromatic heterocycles. The first kappa shape index (κ1) is 52.2. The van der Waals surface area contributed by atoms with Crippen molar-refractivity contribution in [1.29, 1.82) is 0 Å². The Morgan fingerprint density at radius 2 is 0.707 bits per heavy atom. The lowest BCUT2D eigenvalue weighted by molar-refractivity contribution is 0.442. The maximum Gasteiger partial charge on any atom is 0.159 e. The first-order valence-corrected chi connectivity index (χ1v) is 33.5. The van der Waals surface area contributed by atoms with Crippen molar-refractivity contribution in [3.63, 3.8) is 0 Å². The fourth-order valence-corrected chi connectivity index (χ4v) is 18.1. The molecule has 0 N–H and O–H groups in total. The number of aromatic nitrogens is 1. The molecule has 92 heavy (non-hydrogen) atoms. The van der Waals surface area contributed by atoms with E-state index in [1.54, 1.807) is 0 Å². The second kappa shape index (κ2) is 20.2. The number of fused-ring (bicyclic) bond motifs is 22. The normalized spacial score (nSPS) is 15.4. The standard InChI is InChI=1S/C87H65N3O2/c1-5-26-54(27-6-1)58-39-21-42-66-68-44-24-50-76(85(68)91-83(58)66)88(56-30-9-3-10-31-56)78-52-72-80(63-37-15-13-34-60(63)78)81-64-38-16-14-35-61(64)79(53-73(81)87(72)70-46-18-20-49-75(70)90-74-48-19-17-36-62(74)65-41-23-47-71(87)82(65)90)89(57-32-11-4-12-33-57)77-51-25-45-69-67-43-22-40-59(84(67)92-86(69)77)55-28-7-2-8-29-55/h3-4,9-25,30-55H,1-2,5-8,26-29H2. The van der Waals surface area contributed by atoms with E-state index in [0.717, 1.165) is 78.0 Å². The van der Waals surface area contributed by atoms with Gasteiger partial charge in [-0.05, 0) is 153 Å². The predicted molar refractivity (Wildman–Crippen MR) is 382 cm³/mol. The van der Waals surface area contributed by atoms with Crippen molar-refractivity contribution in [2.24, 2.45) is 0 Å². The highest BCUT2D eigenvalue weighted by molar-refractivity contribution is 6.22. The number of nitrogens with zero attached hydrogens (tertiary/aromatic N) is 3. The Labute approximate surface area is 534 Å². The molecule has 0 unspecified atom stereocenters. The predicted octanol–water partition coefficient (Wildman–Crippen LogP) is 24.6. The molecule has 20 rings (SSSR count). The van der Waals surface area contributed by atoms with Gasteiger partial charge in [-0.2, -0.15) is 0 Å². The molecule has 1 spiro atoms. The van der Waals surface area contributed by atoms with Crippen LogP contribution in [0.3, 0.4) is 0 Å². The quantitative estimate of drug-likeness (QED) is 0.152. The number of hydrogen-bond acceptors (Lipinski definition) is 4. The van der Waals surface area contributed by atoms with Crippen LogP contribution < -0.4 is 9.80 Å². The fourth-order valence-electron chi connectivity index (χ4n) is 18.1. The van der Waals surface area contributed by atoms with Crippen LogP contribution in [0.4, 0.5) is 34.1 Å². The zero-order chi connectivity index (χ0) is 60.2. The van der Waals surface area contributed by atoms with Gasteiger partial charge in [0.1, 0.15) is 11.2 Å². The Kier molecular flexibility index (Phi) is 11.5. The fraction of sp³-hybridized carbons (Fsp3) is 0.149. The summed E-state index contributed by atoms with van der Waals surface area (Å²) < 4.78 is 17.5. The Hall–Kier alpha value is -10.6. The molecule has 13 aromatic carbocycles. The largest absolute Gasteiger partial charge is 0.454 e. The van der Waals surface area contributed by atoms with Crippen LogP contribution in [-0.4, -0.2) is 4.57 Å². The van der Waals surface area contributed by atoms with Gasteiger partial charge in [0.2, 0.25) is 0 Å². The second-order valence-corrected chi connectivity index (χ2v) is 26.5. The van der Waals surface area contributed by atoms with E-state index >= 15 is 0 Å². The van der Waals surface area contributed by atoms with Crippen LogP contribution in [0.1, 0.15) is 109 Å². The lowest BCUT2D eigenvalue weighted by atomic mass is 9.65. The monoisotopic (exact) mass is 1180 g/mol. The van der Waals surface area contributed by atoms with Crippen LogP contribution in [0, 0.1) is 0 Å². The minimum atomic E-state index is -0.867. The van der Waals surface area contributed by atoms with Gasteiger partial charge in [0.05, 0.1) is 44.9 Å². The molecule has 2 saturated carbocycles. The molecule has 5 nitrogen and oxygen atoms in total. The van der Waals surface area contributed by atoms with E-state index in [4.69, 9.17) is 8.83 Å². The molecule has 440 valence electrons. The number of para-hydroxylation sites is 9. The number of benzene rings is 13. The van der Waals surface area contributed by atoms with E-state index in [1.165, 1.54) is 158 Å². The maximum atomic E-state index is 7.49. The molecule has 2 fully saturated rings. The molecule has 0 amide bonds. The van der Waals surface area contributed by atoms with Gasteiger partial charge in [-0.3, -0.25) is 0 Å². The zero-order valence-corrected chi connectivity index (χ0v) is 51.2.